The molecule has 162 valence electrons. The maximum atomic E-state index is 12.5. The van der Waals surface area contributed by atoms with Crippen molar-refractivity contribution in [2.24, 2.45) is 7.05 Å². The van der Waals surface area contributed by atoms with Crippen LogP contribution in [0.4, 0.5) is 5.69 Å². The number of carbonyl (C=O) groups excluding carboxylic acids is 2. The first-order valence-corrected chi connectivity index (χ1v) is 10.8. The molecule has 8 nitrogen and oxygen atoms in total. The Labute approximate surface area is 189 Å². The highest BCUT2D eigenvalue weighted by atomic mass is 35.5. The third-order valence-electron chi connectivity index (χ3n) is 4.43. The van der Waals surface area contributed by atoms with Gasteiger partial charge in [0.15, 0.2) is 11.0 Å². The monoisotopic (exact) mass is 459 g/mol. The van der Waals surface area contributed by atoms with Gasteiger partial charge in [-0.05, 0) is 43.3 Å². The van der Waals surface area contributed by atoms with Crippen molar-refractivity contribution in [2.75, 3.05) is 18.2 Å². The van der Waals surface area contributed by atoms with E-state index in [-0.39, 0.29) is 17.6 Å². The summed E-state index contributed by atoms with van der Waals surface area (Å²) >= 11 is 7.34. The van der Waals surface area contributed by atoms with Gasteiger partial charge in [0.2, 0.25) is 5.91 Å². The number of benzene rings is 2. The summed E-state index contributed by atoms with van der Waals surface area (Å²) in [6.45, 7) is 1.81. The van der Waals surface area contributed by atoms with Crippen LogP contribution >= 0.6 is 23.4 Å². The van der Waals surface area contributed by atoms with E-state index in [1.165, 1.54) is 11.8 Å². The molecule has 2 N–H and O–H groups in total. The molecule has 0 fully saturated rings. The highest BCUT2D eigenvalue weighted by Gasteiger charge is 2.20. The topological polar surface area (TPSA) is 98.1 Å². The van der Waals surface area contributed by atoms with Crippen LogP contribution in [-0.4, -0.2) is 39.4 Å². The van der Waals surface area contributed by atoms with Gasteiger partial charge in [-0.25, -0.2) is 0 Å². The lowest BCUT2D eigenvalue weighted by Gasteiger charge is -2.14. The molecule has 0 aliphatic carbocycles. The fraction of sp³-hybridized carbons (Fsp3) is 0.238. The molecule has 0 spiro atoms. The molecular formula is C21H22ClN5O3S. The quantitative estimate of drug-likeness (QED) is 0.498. The van der Waals surface area contributed by atoms with Gasteiger partial charge in [0.05, 0.1) is 29.5 Å². The molecule has 10 heteroatoms. The number of nitrogens with zero attached hydrogens (tertiary/aromatic N) is 3. The fourth-order valence-electron chi connectivity index (χ4n) is 2.81. The third-order valence-corrected chi connectivity index (χ3v) is 5.78. The molecule has 0 aliphatic heterocycles. The van der Waals surface area contributed by atoms with Crippen LogP contribution in [0.15, 0.2) is 53.7 Å². The normalized spacial score (nSPS) is 11.6. The molecule has 0 saturated heterocycles. The van der Waals surface area contributed by atoms with Crippen LogP contribution in [0, 0.1) is 0 Å². The highest BCUT2D eigenvalue weighted by Crippen LogP contribution is 2.21. The highest BCUT2D eigenvalue weighted by molar-refractivity contribution is 7.99. The number of rotatable bonds is 8. The van der Waals surface area contributed by atoms with Gasteiger partial charge in [-0.15, -0.1) is 10.2 Å². The number of hydrogen-bond acceptors (Lipinski definition) is 6. The maximum Gasteiger partial charge on any atom is 0.253 e. The first-order valence-electron chi connectivity index (χ1n) is 9.40. The smallest absolute Gasteiger partial charge is 0.253 e. The molecule has 31 heavy (non-hydrogen) atoms. The van der Waals surface area contributed by atoms with Crippen LogP contribution in [0.2, 0.25) is 5.02 Å². The van der Waals surface area contributed by atoms with E-state index in [4.69, 9.17) is 16.3 Å². The summed E-state index contributed by atoms with van der Waals surface area (Å²) in [5, 5.41) is 14.9. The predicted octanol–water partition coefficient (Wildman–Crippen LogP) is 3.70. The van der Waals surface area contributed by atoms with Crippen LogP contribution in [0.3, 0.4) is 0 Å². The Morgan fingerprint density at radius 3 is 2.55 bits per heavy atom. The van der Waals surface area contributed by atoms with Gasteiger partial charge in [-0.1, -0.05) is 35.5 Å². The van der Waals surface area contributed by atoms with Gasteiger partial charge in [-0.2, -0.15) is 0 Å². The average molecular weight is 460 g/mol. The number of hydrogen-bond donors (Lipinski definition) is 2. The summed E-state index contributed by atoms with van der Waals surface area (Å²) in [5.41, 5.74) is 1.07. The number of carbonyl (C=O) groups is 2. The number of anilines is 1. The second-order valence-electron chi connectivity index (χ2n) is 6.64. The van der Waals surface area contributed by atoms with E-state index in [1.807, 2.05) is 6.92 Å². The van der Waals surface area contributed by atoms with Crippen molar-refractivity contribution in [1.29, 1.82) is 0 Å². The third kappa shape index (κ3) is 5.77. The van der Waals surface area contributed by atoms with Gasteiger partial charge in [0, 0.05) is 12.7 Å². The SMILES string of the molecule is COc1ccc(NC(=O)CSc2nnc([C@H](C)NC(=O)c3ccccc3Cl)n2C)cc1. The average Bonchev–Trinajstić information content (AvgIpc) is 3.13. The largest absolute Gasteiger partial charge is 0.497 e. The summed E-state index contributed by atoms with van der Waals surface area (Å²) in [5.74, 6) is 0.986. The zero-order chi connectivity index (χ0) is 22.4. The Hall–Kier alpha value is -3.04. The van der Waals surface area contributed by atoms with Crippen LogP contribution in [0.25, 0.3) is 0 Å². The molecule has 3 aromatic rings. The first kappa shape index (κ1) is 22.6. The standard InChI is InChI=1S/C21H22ClN5O3S/c1-13(23-20(29)16-6-4-5-7-17(16)22)19-25-26-21(27(19)2)31-12-18(28)24-14-8-10-15(30-3)11-9-14/h4-11,13H,12H2,1-3H3,(H,23,29)(H,24,28)/t13-/m0/s1. The van der Waals surface area contributed by atoms with E-state index in [2.05, 4.69) is 20.8 Å². The molecule has 3 rings (SSSR count). The van der Waals surface area contributed by atoms with Crippen molar-refractivity contribution in [2.45, 2.75) is 18.1 Å². The summed E-state index contributed by atoms with van der Waals surface area (Å²) < 4.78 is 6.85. The number of ether oxygens (including phenoxy) is 1. The molecule has 0 aliphatic rings. The lowest BCUT2D eigenvalue weighted by Crippen LogP contribution is -2.28. The van der Waals surface area contributed by atoms with Crippen LogP contribution in [0.5, 0.6) is 5.75 Å². The van der Waals surface area contributed by atoms with E-state index in [0.717, 1.165) is 5.75 Å². The molecule has 2 amide bonds. The van der Waals surface area contributed by atoms with Crippen molar-refractivity contribution in [3.63, 3.8) is 0 Å². The van der Waals surface area contributed by atoms with Crippen molar-refractivity contribution in [3.05, 3.63) is 64.9 Å². The maximum absolute atomic E-state index is 12.5. The minimum atomic E-state index is -0.399. The Morgan fingerprint density at radius 1 is 1.16 bits per heavy atom. The first-order chi connectivity index (χ1) is 14.9. The van der Waals surface area contributed by atoms with E-state index >= 15 is 0 Å². The van der Waals surface area contributed by atoms with Gasteiger partial charge >= 0.3 is 0 Å². The molecule has 1 atom stereocenters. The van der Waals surface area contributed by atoms with Gasteiger partial charge in [-0.3, -0.25) is 9.59 Å². The molecule has 1 aromatic heterocycles. The van der Waals surface area contributed by atoms with E-state index in [0.29, 0.717) is 27.3 Å². The van der Waals surface area contributed by atoms with Crippen LogP contribution in [0.1, 0.15) is 29.1 Å². The zero-order valence-corrected chi connectivity index (χ0v) is 18.8. The van der Waals surface area contributed by atoms with Crippen molar-refractivity contribution >= 4 is 40.9 Å². The van der Waals surface area contributed by atoms with Crippen molar-refractivity contribution in [3.8, 4) is 5.75 Å². The Morgan fingerprint density at radius 2 is 1.87 bits per heavy atom. The van der Waals surface area contributed by atoms with Crippen molar-refractivity contribution < 1.29 is 14.3 Å². The second-order valence-corrected chi connectivity index (χ2v) is 7.99. The number of nitrogens with one attached hydrogen (secondary N) is 2. The van der Waals surface area contributed by atoms with Crippen LogP contribution < -0.4 is 15.4 Å². The lowest BCUT2D eigenvalue weighted by molar-refractivity contribution is -0.113. The number of thioether (sulfide) groups is 1. The van der Waals surface area contributed by atoms with Gasteiger partial charge in [0.25, 0.3) is 5.91 Å². The van der Waals surface area contributed by atoms with E-state index in [9.17, 15) is 9.59 Å². The molecule has 1 heterocycles. The summed E-state index contributed by atoms with van der Waals surface area (Å²) in [4.78, 5) is 24.7. The molecule has 0 saturated carbocycles. The molecule has 2 aromatic carbocycles. The number of aromatic nitrogens is 3. The van der Waals surface area contributed by atoms with Crippen molar-refractivity contribution in [1.82, 2.24) is 20.1 Å². The summed E-state index contributed by atoms with van der Waals surface area (Å²) in [6, 6.07) is 13.5. The van der Waals surface area contributed by atoms with Gasteiger partial charge < -0.3 is 19.9 Å². The molecule has 0 radical (unpaired) electrons. The lowest BCUT2D eigenvalue weighted by atomic mass is 10.2. The van der Waals surface area contributed by atoms with Crippen LogP contribution in [-0.2, 0) is 11.8 Å². The fourth-order valence-corrected chi connectivity index (χ4v) is 3.75. The Balaban J connectivity index is 1.57. The molecule has 0 bridgehead atoms. The summed E-state index contributed by atoms with van der Waals surface area (Å²) in [7, 11) is 3.37. The second kappa shape index (κ2) is 10.3. The predicted molar refractivity (Wildman–Crippen MR) is 121 cm³/mol. The number of halogens is 1. The molecular weight excluding hydrogens is 438 g/mol. The van der Waals surface area contributed by atoms with E-state index < -0.39 is 6.04 Å². The Bertz CT molecular complexity index is 1070. The Kier molecular flexibility index (Phi) is 7.54. The number of methoxy groups -OCH3 is 1. The van der Waals surface area contributed by atoms with Gasteiger partial charge in [0.1, 0.15) is 5.75 Å². The zero-order valence-electron chi connectivity index (χ0n) is 17.3. The minimum Gasteiger partial charge on any atom is -0.497 e. The molecule has 0 unspecified atom stereocenters. The minimum absolute atomic E-state index is 0.165. The van der Waals surface area contributed by atoms with E-state index in [1.54, 1.807) is 67.3 Å². The number of amides is 2. The summed E-state index contributed by atoms with van der Waals surface area (Å²) in [6.07, 6.45) is 0.